The first-order valence-electron chi connectivity index (χ1n) is 11.7. The predicted molar refractivity (Wildman–Crippen MR) is 140 cm³/mol. The normalized spacial score (nSPS) is 17.9. The summed E-state index contributed by atoms with van der Waals surface area (Å²) in [5.74, 6) is -0.181. The van der Waals surface area contributed by atoms with Crippen molar-refractivity contribution < 1.29 is 14.3 Å². The van der Waals surface area contributed by atoms with Crippen molar-refractivity contribution in [2.45, 2.75) is 39.4 Å². The van der Waals surface area contributed by atoms with Crippen LogP contribution >= 0.6 is 11.6 Å². The highest BCUT2D eigenvalue weighted by atomic mass is 35.5. The van der Waals surface area contributed by atoms with Gasteiger partial charge in [-0.2, -0.15) is 0 Å². The lowest BCUT2D eigenvalue weighted by Crippen LogP contribution is -2.46. The standard InChI is InChI=1S/C26H29ClFN5O3/c1-14-12-33-25(32(4)16(14)3)23(10-19(26(33)36)18-9-17(27)5-6-21(18)28)31-22-7-8-29-11-20(22)24(35)30-15(2)13-34/h5-11,14-16,34H,12-13H2,1-4H3,(H,29,31)(H,30,35). The van der Waals surface area contributed by atoms with Crippen LogP contribution in [-0.2, 0) is 6.54 Å². The number of anilines is 3. The van der Waals surface area contributed by atoms with Crippen LogP contribution in [0.3, 0.4) is 0 Å². The fourth-order valence-electron chi connectivity index (χ4n) is 4.39. The van der Waals surface area contributed by atoms with E-state index >= 15 is 0 Å². The van der Waals surface area contributed by atoms with Gasteiger partial charge in [0.25, 0.3) is 11.5 Å². The van der Waals surface area contributed by atoms with Gasteiger partial charge in [-0.25, -0.2) is 4.39 Å². The number of hydrogen-bond donors (Lipinski definition) is 3. The molecule has 1 aliphatic rings. The molecule has 1 aliphatic heterocycles. The summed E-state index contributed by atoms with van der Waals surface area (Å²) in [4.78, 5) is 32.6. The molecule has 3 N–H and O–H groups in total. The fourth-order valence-corrected chi connectivity index (χ4v) is 4.56. The Hall–Kier alpha value is -3.43. The van der Waals surface area contributed by atoms with Crippen molar-refractivity contribution >= 4 is 34.7 Å². The molecule has 3 aromatic rings. The van der Waals surface area contributed by atoms with Gasteiger partial charge in [0.15, 0.2) is 0 Å². The maximum absolute atomic E-state index is 14.8. The van der Waals surface area contributed by atoms with E-state index in [2.05, 4.69) is 29.5 Å². The molecule has 0 spiro atoms. The first-order valence-corrected chi connectivity index (χ1v) is 12.1. The lowest BCUT2D eigenvalue weighted by molar-refractivity contribution is 0.0923. The summed E-state index contributed by atoms with van der Waals surface area (Å²) in [6.45, 7) is 6.06. The first-order chi connectivity index (χ1) is 17.1. The lowest BCUT2D eigenvalue weighted by atomic mass is 9.97. The van der Waals surface area contributed by atoms with Crippen LogP contribution in [0.15, 0.2) is 47.5 Å². The van der Waals surface area contributed by atoms with Crippen LogP contribution in [0.25, 0.3) is 11.1 Å². The highest BCUT2D eigenvalue weighted by Crippen LogP contribution is 2.37. The van der Waals surface area contributed by atoms with Crippen molar-refractivity contribution in [2.24, 2.45) is 5.92 Å². The van der Waals surface area contributed by atoms with E-state index in [1.807, 2.05) is 11.9 Å². The molecule has 0 saturated heterocycles. The second-order valence-electron chi connectivity index (χ2n) is 9.27. The number of halogens is 2. The molecular weight excluding hydrogens is 485 g/mol. The average Bonchev–Trinajstić information content (AvgIpc) is 2.86. The second kappa shape index (κ2) is 10.3. The monoisotopic (exact) mass is 513 g/mol. The minimum atomic E-state index is -0.560. The van der Waals surface area contributed by atoms with Crippen LogP contribution in [0.4, 0.5) is 21.6 Å². The predicted octanol–water partition coefficient (Wildman–Crippen LogP) is 4.03. The molecule has 0 radical (unpaired) electrons. The van der Waals surface area contributed by atoms with Gasteiger partial charge in [0.05, 0.1) is 29.1 Å². The summed E-state index contributed by atoms with van der Waals surface area (Å²) in [5.41, 5.74) is 1.17. The van der Waals surface area contributed by atoms with E-state index < -0.39 is 17.8 Å². The second-order valence-corrected chi connectivity index (χ2v) is 9.70. The number of benzene rings is 1. The Balaban J connectivity index is 1.90. The molecule has 1 amide bonds. The van der Waals surface area contributed by atoms with E-state index in [0.717, 1.165) is 0 Å². The van der Waals surface area contributed by atoms with E-state index in [1.165, 1.54) is 24.4 Å². The zero-order valence-electron chi connectivity index (χ0n) is 20.5. The molecule has 2 aromatic heterocycles. The fraction of sp³-hybridized carbons (Fsp3) is 0.346. The number of rotatable bonds is 6. The van der Waals surface area contributed by atoms with Crippen molar-refractivity contribution in [2.75, 3.05) is 23.9 Å². The molecule has 3 unspecified atom stereocenters. The number of pyridine rings is 2. The molecule has 8 nitrogen and oxygen atoms in total. The Morgan fingerprint density at radius 1 is 1.25 bits per heavy atom. The summed E-state index contributed by atoms with van der Waals surface area (Å²) in [7, 11) is 1.90. The van der Waals surface area contributed by atoms with Gasteiger partial charge < -0.3 is 20.6 Å². The summed E-state index contributed by atoms with van der Waals surface area (Å²) in [6.07, 6.45) is 2.97. The number of hydrogen-bond acceptors (Lipinski definition) is 6. The molecule has 190 valence electrons. The summed E-state index contributed by atoms with van der Waals surface area (Å²) in [6, 6.07) is 7.03. The van der Waals surface area contributed by atoms with Crippen LogP contribution in [0.5, 0.6) is 0 Å². The van der Waals surface area contributed by atoms with E-state index in [0.29, 0.717) is 28.8 Å². The molecule has 0 saturated carbocycles. The van der Waals surface area contributed by atoms with Gasteiger partial charge in [0, 0.05) is 48.7 Å². The zero-order valence-corrected chi connectivity index (χ0v) is 21.3. The Kier molecular flexibility index (Phi) is 7.33. The van der Waals surface area contributed by atoms with Crippen molar-refractivity contribution in [3.63, 3.8) is 0 Å². The highest BCUT2D eigenvalue weighted by Gasteiger charge is 2.31. The number of fused-ring (bicyclic) bond motifs is 1. The van der Waals surface area contributed by atoms with Crippen molar-refractivity contribution in [3.8, 4) is 11.1 Å². The molecule has 36 heavy (non-hydrogen) atoms. The number of aliphatic hydroxyl groups excluding tert-OH is 1. The van der Waals surface area contributed by atoms with Crippen molar-refractivity contribution in [1.29, 1.82) is 0 Å². The quantitative estimate of drug-likeness (QED) is 0.460. The van der Waals surface area contributed by atoms with Crippen LogP contribution in [0.2, 0.25) is 5.02 Å². The maximum atomic E-state index is 14.8. The number of carbonyl (C=O) groups is 1. The minimum Gasteiger partial charge on any atom is -0.394 e. The molecule has 0 fully saturated rings. The largest absolute Gasteiger partial charge is 0.394 e. The number of aromatic nitrogens is 2. The van der Waals surface area contributed by atoms with E-state index in [9.17, 15) is 19.1 Å². The number of nitrogens with zero attached hydrogens (tertiary/aromatic N) is 3. The smallest absolute Gasteiger partial charge is 0.260 e. The molecule has 0 aliphatic carbocycles. The Bertz CT molecular complexity index is 1360. The number of carbonyl (C=O) groups excluding carboxylic acids is 1. The third-order valence-corrected chi connectivity index (χ3v) is 6.94. The van der Waals surface area contributed by atoms with Gasteiger partial charge in [-0.05, 0) is 50.1 Å². The van der Waals surface area contributed by atoms with Gasteiger partial charge in [-0.15, -0.1) is 0 Å². The topological polar surface area (TPSA) is 99.5 Å². The highest BCUT2D eigenvalue weighted by molar-refractivity contribution is 6.30. The van der Waals surface area contributed by atoms with Crippen LogP contribution in [-0.4, -0.2) is 46.3 Å². The van der Waals surface area contributed by atoms with E-state index in [1.54, 1.807) is 29.8 Å². The number of aliphatic hydroxyl groups is 1. The van der Waals surface area contributed by atoms with Gasteiger partial charge >= 0.3 is 0 Å². The Morgan fingerprint density at radius 2 is 2.00 bits per heavy atom. The van der Waals surface area contributed by atoms with E-state index in [4.69, 9.17) is 11.6 Å². The first kappa shape index (κ1) is 25.7. The molecule has 10 heteroatoms. The van der Waals surface area contributed by atoms with Gasteiger partial charge in [-0.1, -0.05) is 18.5 Å². The van der Waals surface area contributed by atoms with E-state index in [-0.39, 0.29) is 40.8 Å². The van der Waals surface area contributed by atoms with Gasteiger partial charge in [0.2, 0.25) is 0 Å². The third-order valence-electron chi connectivity index (χ3n) is 6.70. The number of nitrogens with one attached hydrogen (secondary N) is 2. The molecule has 1 aromatic carbocycles. The van der Waals surface area contributed by atoms with Crippen LogP contribution < -0.4 is 21.1 Å². The molecule has 0 bridgehead atoms. The van der Waals surface area contributed by atoms with Gasteiger partial charge in [0.1, 0.15) is 11.6 Å². The maximum Gasteiger partial charge on any atom is 0.260 e. The number of amides is 1. The van der Waals surface area contributed by atoms with Crippen molar-refractivity contribution in [1.82, 2.24) is 14.9 Å². The molecule has 4 rings (SSSR count). The Labute approximate surface area is 213 Å². The SMILES string of the molecule is CC(CO)NC(=O)c1cnccc1Nc1cc(-c2cc(Cl)ccc2F)c(=O)n2c1N(C)C(C)C(C)C2. The average molecular weight is 514 g/mol. The summed E-state index contributed by atoms with van der Waals surface area (Å²) in [5, 5.41) is 15.6. The Morgan fingerprint density at radius 3 is 2.72 bits per heavy atom. The zero-order chi connectivity index (χ0) is 26.1. The molecule has 3 heterocycles. The third kappa shape index (κ3) is 4.81. The minimum absolute atomic E-state index is 0.101. The summed E-state index contributed by atoms with van der Waals surface area (Å²) < 4.78 is 16.5. The van der Waals surface area contributed by atoms with Crippen LogP contribution in [0, 0.1) is 11.7 Å². The van der Waals surface area contributed by atoms with Gasteiger partial charge in [-0.3, -0.25) is 19.1 Å². The summed E-state index contributed by atoms with van der Waals surface area (Å²) >= 11 is 6.14. The molecule has 3 atom stereocenters. The lowest BCUT2D eigenvalue weighted by Gasteiger charge is -2.40. The molecular formula is C26H29ClFN5O3. The van der Waals surface area contributed by atoms with Crippen LogP contribution in [0.1, 0.15) is 31.1 Å². The van der Waals surface area contributed by atoms with Crippen molar-refractivity contribution in [3.05, 3.63) is 69.5 Å².